The number of rotatable bonds is 14. The first-order chi connectivity index (χ1) is 20.7. The van der Waals surface area contributed by atoms with E-state index in [0.717, 1.165) is 11.1 Å². The first-order valence-corrected chi connectivity index (χ1v) is 15.4. The minimum atomic E-state index is -0.740. The van der Waals surface area contributed by atoms with Crippen molar-refractivity contribution >= 4 is 35.5 Å². The molecule has 2 aliphatic heterocycles. The predicted octanol–water partition coefficient (Wildman–Crippen LogP) is 2.53. The summed E-state index contributed by atoms with van der Waals surface area (Å²) in [5, 5.41) is 2.42. The lowest BCUT2D eigenvalue weighted by Gasteiger charge is -2.49. The first-order valence-electron chi connectivity index (χ1n) is 14.3. The number of nitrogens with zero attached hydrogens (tertiary/aromatic N) is 2. The average molecular weight is 608 g/mol. The summed E-state index contributed by atoms with van der Waals surface area (Å²) in [5.74, 6) is -0.480. The number of nitrogens with two attached hydrogens (primary N) is 1. The zero-order chi connectivity index (χ0) is 31.0. The number of primary amides is 1. The van der Waals surface area contributed by atoms with E-state index < -0.39 is 17.4 Å². The molecule has 4 rings (SSSR count). The van der Waals surface area contributed by atoms with Gasteiger partial charge in [0.2, 0.25) is 5.91 Å². The molecule has 11 heteroatoms. The van der Waals surface area contributed by atoms with Gasteiger partial charge in [0, 0.05) is 5.75 Å². The van der Waals surface area contributed by atoms with Crippen LogP contribution in [0, 0.1) is 0 Å². The normalized spacial score (nSPS) is 18.2. The van der Waals surface area contributed by atoms with Crippen molar-refractivity contribution in [1.82, 2.24) is 10.2 Å². The molecule has 2 heterocycles. The van der Waals surface area contributed by atoms with Gasteiger partial charge in [-0.05, 0) is 48.8 Å². The SMILES string of the molecule is CC[N+](CC)(C/C=C/C1=C(C(=O)OCc2ccc(OC)cc2)N2C(=O)[C@@H](NC(=O)Cc3ccccc3)[C@@H]2SC1)CC(N)=O. The fourth-order valence-corrected chi connectivity index (χ4v) is 6.54. The van der Waals surface area contributed by atoms with Crippen LogP contribution in [0.5, 0.6) is 5.75 Å². The van der Waals surface area contributed by atoms with E-state index in [0.29, 0.717) is 41.2 Å². The molecule has 228 valence electrons. The number of quaternary nitrogens is 1. The number of hydrogen-bond acceptors (Lipinski definition) is 7. The van der Waals surface area contributed by atoms with Crippen molar-refractivity contribution < 1.29 is 33.1 Å². The molecule has 43 heavy (non-hydrogen) atoms. The molecule has 1 saturated heterocycles. The van der Waals surface area contributed by atoms with Gasteiger partial charge in [-0.15, -0.1) is 11.8 Å². The molecule has 0 radical (unpaired) electrons. The number of benzene rings is 2. The highest BCUT2D eigenvalue weighted by atomic mass is 32.2. The van der Waals surface area contributed by atoms with Crippen LogP contribution in [0.3, 0.4) is 0 Å². The summed E-state index contributed by atoms with van der Waals surface area (Å²) in [6, 6.07) is 15.7. The number of esters is 1. The van der Waals surface area contributed by atoms with Gasteiger partial charge in [0.15, 0.2) is 6.54 Å². The second-order valence-electron chi connectivity index (χ2n) is 10.6. The molecular weight excluding hydrogens is 568 g/mol. The molecular formula is C32H39N4O6S+. The van der Waals surface area contributed by atoms with Crippen LogP contribution in [0.2, 0.25) is 0 Å². The maximum absolute atomic E-state index is 13.5. The summed E-state index contributed by atoms with van der Waals surface area (Å²) in [4.78, 5) is 52.8. The van der Waals surface area contributed by atoms with Crippen molar-refractivity contribution in [3.63, 3.8) is 0 Å². The Morgan fingerprint density at radius 3 is 2.40 bits per heavy atom. The first kappa shape index (κ1) is 31.8. The quantitative estimate of drug-likeness (QED) is 0.192. The van der Waals surface area contributed by atoms with Gasteiger partial charge in [-0.1, -0.05) is 48.5 Å². The molecule has 2 atom stereocenters. The van der Waals surface area contributed by atoms with Gasteiger partial charge in [-0.2, -0.15) is 0 Å². The molecule has 0 saturated carbocycles. The van der Waals surface area contributed by atoms with Crippen molar-refractivity contribution in [3.05, 3.63) is 89.1 Å². The lowest BCUT2D eigenvalue weighted by molar-refractivity contribution is -0.911. The van der Waals surface area contributed by atoms with Gasteiger partial charge >= 0.3 is 5.97 Å². The summed E-state index contributed by atoms with van der Waals surface area (Å²) in [7, 11) is 1.58. The lowest BCUT2D eigenvalue weighted by Crippen LogP contribution is -2.70. The standard InChI is InChI=1S/C32H38N4O6S/c1-4-36(5-2,19-26(33)37)17-9-12-24-21-43-31-28(34-27(38)18-22-10-7-6-8-11-22)30(39)35(31)29(24)32(40)42-20-23-13-15-25(41-3)16-14-23/h6-16,28,31H,4-5,17-21H2,1-3H3,(H2-,33,34,37,38)/p+1/b12-9+/t28-,31+/m1/s1. The molecule has 2 aromatic carbocycles. The molecule has 0 unspecified atom stereocenters. The highest BCUT2D eigenvalue weighted by Crippen LogP contribution is 2.41. The van der Waals surface area contributed by atoms with E-state index in [1.165, 1.54) is 16.7 Å². The number of fused-ring (bicyclic) bond motifs is 1. The number of thioether (sulfide) groups is 1. The highest BCUT2D eigenvalue weighted by Gasteiger charge is 2.54. The summed E-state index contributed by atoms with van der Waals surface area (Å²) in [6.07, 6.45) is 3.91. The van der Waals surface area contributed by atoms with Crippen LogP contribution in [-0.2, 0) is 36.9 Å². The Bertz CT molecular complexity index is 1390. The molecule has 3 N–H and O–H groups in total. The largest absolute Gasteiger partial charge is 0.497 e. The molecule has 0 bridgehead atoms. The van der Waals surface area contributed by atoms with E-state index in [4.69, 9.17) is 15.2 Å². The molecule has 1 fully saturated rings. The number of ether oxygens (including phenoxy) is 2. The second-order valence-corrected chi connectivity index (χ2v) is 11.7. The van der Waals surface area contributed by atoms with Crippen LogP contribution in [0.15, 0.2) is 78.0 Å². The maximum atomic E-state index is 13.5. The Morgan fingerprint density at radius 1 is 1.07 bits per heavy atom. The third-order valence-corrected chi connectivity index (χ3v) is 9.19. The van der Waals surface area contributed by atoms with E-state index in [-0.39, 0.29) is 43.0 Å². The molecule has 10 nitrogen and oxygen atoms in total. The number of nitrogens with one attached hydrogen (secondary N) is 1. The Balaban J connectivity index is 1.54. The van der Waals surface area contributed by atoms with Crippen molar-refractivity contribution in [2.75, 3.05) is 39.0 Å². The number of β-lactam (4-membered cyclic amide) rings is 1. The monoisotopic (exact) mass is 607 g/mol. The molecule has 2 aromatic rings. The van der Waals surface area contributed by atoms with Gasteiger partial charge in [0.1, 0.15) is 29.5 Å². The molecule has 0 aliphatic carbocycles. The summed E-state index contributed by atoms with van der Waals surface area (Å²) in [6.45, 7) is 6.20. The number of allylic oxidation sites excluding steroid dienone is 1. The van der Waals surface area contributed by atoms with E-state index in [2.05, 4.69) is 5.32 Å². The average Bonchev–Trinajstić information content (AvgIpc) is 3.02. The van der Waals surface area contributed by atoms with Crippen molar-refractivity contribution in [2.24, 2.45) is 5.73 Å². The Hall–Kier alpha value is -4.09. The van der Waals surface area contributed by atoms with E-state index in [1.54, 1.807) is 31.4 Å². The third kappa shape index (κ3) is 7.66. The maximum Gasteiger partial charge on any atom is 0.355 e. The van der Waals surface area contributed by atoms with Crippen molar-refractivity contribution in [3.8, 4) is 5.75 Å². The van der Waals surface area contributed by atoms with E-state index in [1.807, 2.05) is 56.3 Å². The second kappa shape index (κ2) is 14.4. The minimum Gasteiger partial charge on any atom is -0.497 e. The van der Waals surface area contributed by atoms with Crippen LogP contribution in [0.25, 0.3) is 0 Å². The predicted molar refractivity (Wildman–Crippen MR) is 164 cm³/mol. The van der Waals surface area contributed by atoms with Gasteiger partial charge in [-0.3, -0.25) is 19.3 Å². The molecule has 0 spiro atoms. The molecule has 2 aliphatic rings. The van der Waals surface area contributed by atoms with Crippen molar-refractivity contribution in [2.45, 2.75) is 38.3 Å². The van der Waals surface area contributed by atoms with Gasteiger partial charge in [0.05, 0.1) is 33.2 Å². The fourth-order valence-electron chi connectivity index (χ4n) is 5.22. The third-order valence-electron chi connectivity index (χ3n) is 7.89. The smallest absolute Gasteiger partial charge is 0.355 e. The van der Waals surface area contributed by atoms with Crippen LogP contribution < -0.4 is 15.8 Å². The molecule has 3 amide bonds. The Morgan fingerprint density at radius 2 is 1.77 bits per heavy atom. The summed E-state index contributed by atoms with van der Waals surface area (Å²) >= 11 is 1.48. The van der Waals surface area contributed by atoms with Gasteiger partial charge < -0.3 is 25.0 Å². The minimum absolute atomic E-state index is 0.0185. The van der Waals surface area contributed by atoms with Crippen LogP contribution in [0.1, 0.15) is 25.0 Å². The number of carbonyl (C=O) groups excluding carboxylic acids is 4. The van der Waals surface area contributed by atoms with Gasteiger partial charge in [0.25, 0.3) is 11.8 Å². The Labute approximate surface area is 256 Å². The van der Waals surface area contributed by atoms with E-state index >= 15 is 0 Å². The van der Waals surface area contributed by atoms with Crippen LogP contribution in [0.4, 0.5) is 0 Å². The number of methoxy groups -OCH3 is 1. The van der Waals surface area contributed by atoms with E-state index in [9.17, 15) is 19.2 Å². The summed E-state index contributed by atoms with van der Waals surface area (Å²) < 4.78 is 11.4. The van der Waals surface area contributed by atoms with Gasteiger partial charge in [-0.25, -0.2) is 4.79 Å². The highest BCUT2D eigenvalue weighted by molar-refractivity contribution is 8.00. The number of amides is 3. The zero-order valence-electron chi connectivity index (χ0n) is 24.8. The Kier molecular flexibility index (Phi) is 10.7. The fraction of sp³-hybridized carbons (Fsp3) is 0.375. The van der Waals surface area contributed by atoms with Crippen LogP contribution in [-0.4, -0.2) is 83.5 Å². The lowest BCUT2D eigenvalue weighted by atomic mass is 10.0. The van der Waals surface area contributed by atoms with Crippen LogP contribution >= 0.6 is 11.8 Å². The summed E-state index contributed by atoms with van der Waals surface area (Å²) in [5.41, 5.74) is 7.96. The molecule has 0 aromatic heterocycles. The number of hydrogen-bond donors (Lipinski definition) is 2. The number of carbonyl (C=O) groups is 4. The topological polar surface area (TPSA) is 128 Å². The zero-order valence-corrected chi connectivity index (χ0v) is 25.6. The van der Waals surface area contributed by atoms with Crippen molar-refractivity contribution in [1.29, 1.82) is 0 Å². The number of likely N-dealkylation sites (N-methyl/N-ethyl adjacent to an activating group) is 1.